The number of hydrogen-bond donors (Lipinski definition) is 2. The summed E-state index contributed by atoms with van der Waals surface area (Å²) in [6, 6.07) is 1.31. The highest BCUT2D eigenvalue weighted by molar-refractivity contribution is 7.80. The zero-order valence-corrected chi connectivity index (χ0v) is 10.2. The number of thiol groups is 1. The number of hydrogen-bond acceptors (Lipinski definition) is 4. The second-order valence-corrected chi connectivity index (χ2v) is 4.49. The van der Waals surface area contributed by atoms with Gasteiger partial charge in [0.2, 0.25) is 0 Å². The molecule has 1 aromatic heterocycles. The Morgan fingerprint density at radius 1 is 1.59 bits per heavy atom. The van der Waals surface area contributed by atoms with Crippen LogP contribution in [0.3, 0.4) is 0 Å². The molecule has 92 valence electrons. The van der Waals surface area contributed by atoms with Crippen molar-refractivity contribution in [2.45, 2.75) is 19.1 Å². The van der Waals surface area contributed by atoms with E-state index in [-0.39, 0.29) is 12.1 Å². The Bertz CT molecular complexity index is 534. The Kier molecular flexibility index (Phi) is 3.42. The van der Waals surface area contributed by atoms with Gasteiger partial charge in [0.15, 0.2) is 6.23 Å². The van der Waals surface area contributed by atoms with Crippen molar-refractivity contribution in [1.29, 1.82) is 0 Å². The molecule has 1 saturated heterocycles. The smallest absolute Gasteiger partial charge is 0.331 e. The Morgan fingerprint density at radius 3 is 3.00 bits per heavy atom. The van der Waals surface area contributed by atoms with Gasteiger partial charge < -0.3 is 4.74 Å². The third-order valence-electron chi connectivity index (χ3n) is 2.81. The van der Waals surface area contributed by atoms with Crippen LogP contribution < -0.4 is 11.2 Å². The van der Waals surface area contributed by atoms with E-state index in [1.54, 1.807) is 0 Å². The van der Waals surface area contributed by atoms with Gasteiger partial charge in [0.25, 0.3) is 5.56 Å². The molecule has 0 radical (unpaired) electrons. The van der Waals surface area contributed by atoms with Gasteiger partial charge >= 0.3 is 5.69 Å². The maximum Gasteiger partial charge on any atom is 0.331 e. The van der Waals surface area contributed by atoms with Crippen molar-refractivity contribution in [2.75, 3.05) is 5.75 Å². The molecule has 0 amide bonds. The molecule has 1 fully saturated rings. The summed E-state index contributed by atoms with van der Waals surface area (Å²) < 4.78 is 6.94. The molecule has 0 bridgehead atoms. The summed E-state index contributed by atoms with van der Waals surface area (Å²) >= 11 is 4.19. The molecule has 1 aromatic rings. The fourth-order valence-corrected chi connectivity index (χ4v) is 2.36. The summed E-state index contributed by atoms with van der Waals surface area (Å²) in [5.74, 6) is 1.55. The summed E-state index contributed by atoms with van der Waals surface area (Å²) in [6.45, 7) is 3.78. The largest absolute Gasteiger partial charge is 0.475 e. The van der Waals surface area contributed by atoms with Crippen LogP contribution in [0, 0.1) is 5.92 Å². The second kappa shape index (κ2) is 4.83. The highest BCUT2D eigenvalue weighted by Gasteiger charge is 2.32. The number of allylic oxidation sites excluding steroid dienone is 1. The molecule has 17 heavy (non-hydrogen) atoms. The molecule has 0 saturated carbocycles. The van der Waals surface area contributed by atoms with E-state index in [1.165, 1.54) is 16.8 Å². The van der Waals surface area contributed by atoms with Crippen LogP contribution in [0.1, 0.15) is 19.1 Å². The molecule has 5 nitrogen and oxygen atoms in total. The third-order valence-corrected chi connectivity index (χ3v) is 3.06. The first-order chi connectivity index (χ1) is 8.11. The highest BCUT2D eigenvalue weighted by Crippen LogP contribution is 2.37. The van der Waals surface area contributed by atoms with Gasteiger partial charge in [-0.2, -0.15) is 12.6 Å². The minimum Gasteiger partial charge on any atom is -0.475 e. The third kappa shape index (κ3) is 2.46. The predicted octanol–water partition coefficient (Wildman–Crippen LogP) is 0.905. The molecule has 6 heteroatoms. The van der Waals surface area contributed by atoms with Crippen molar-refractivity contribution in [3.63, 3.8) is 0 Å². The Hall–Kier alpha value is -1.43. The summed E-state index contributed by atoms with van der Waals surface area (Å²) in [6.07, 6.45) is 2.62. The van der Waals surface area contributed by atoms with Crippen LogP contribution >= 0.6 is 12.6 Å². The van der Waals surface area contributed by atoms with Crippen LogP contribution in [-0.4, -0.2) is 15.3 Å². The van der Waals surface area contributed by atoms with Gasteiger partial charge in [-0.3, -0.25) is 14.3 Å². The lowest BCUT2D eigenvalue weighted by Gasteiger charge is -2.19. The molecular weight excluding hydrogens is 240 g/mol. The molecule has 0 spiro atoms. The van der Waals surface area contributed by atoms with E-state index >= 15 is 0 Å². The monoisotopic (exact) mass is 254 g/mol. The number of nitrogens with one attached hydrogen (secondary N) is 1. The lowest BCUT2D eigenvalue weighted by molar-refractivity contribution is 0.0603. The van der Waals surface area contributed by atoms with Gasteiger partial charge in [0.1, 0.15) is 0 Å². The highest BCUT2D eigenvalue weighted by atomic mass is 32.1. The number of ether oxygens (including phenoxy) is 1. The maximum absolute atomic E-state index is 11.7. The summed E-state index contributed by atoms with van der Waals surface area (Å²) in [5.41, 5.74) is -0.866. The van der Waals surface area contributed by atoms with E-state index in [9.17, 15) is 9.59 Å². The average Bonchev–Trinajstić information content (AvgIpc) is 2.60. The number of aromatic nitrogens is 2. The van der Waals surface area contributed by atoms with E-state index in [0.29, 0.717) is 5.76 Å². The fraction of sp³-hybridized carbons (Fsp3) is 0.455. The summed E-state index contributed by atoms with van der Waals surface area (Å²) in [4.78, 5) is 24.9. The molecule has 1 unspecified atom stereocenters. The first-order valence-corrected chi connectivity index (χ1v) is 6.02. The Balaban J connectivity index is 2.34. The van der Waals surface area contributed by atoms with Crippen LogP contribution in [0.5, 0.6) is 0 Å². The van der Waals surface area contributed by atoms with Crippen LogP contribution in [0.25, 0.3) is 0 Å². The van der Waals surface area contributed by atoms with Crippen molar-refractivity contribution < 1.29 is 4.74 Å². The van der Waals surface area contributed by atoms with Crippen LogP contribution in [0.15, 0.2) is 34.2 Å². The molecular formula is C11H14N2O3S. The summed E-state index contributed by atoms with van der Waals surface area (Å²) in [5, 5.41) is 0. The van der Waals surface area contributed by atoms with Crippen LogP contribution in [-0.2, 0) is 4.74 Å². The van der Waals surface area contributed by atoms with E-state index in [0.717, 1.165) is 18.6 Å². The fourth-order valence-electron chi connectivity index (χ4n) is 2.03. The van der Waals surface area contributed by atoms with Gasteiger partial charge in [0, 0.05) is 24.6 Å². The summed E-state index contributed by atoms with van der Waals surface area (Å²) in [7, 11) is 0. The van der Waals surface area contributed by atoms with Crippen molar-refractivity contribution in [3.8, 4) is 0 Å². The van der Waals surface area contributed by atoms with Gasteiger partial charge in [-0.05, 0) is 12.2 Å². The lowest BCUT2D eigenvalue weighted by atomic mass is 10.0. The van der Waals surface area contributed by atoms with E-state index in [4.69, 9.17) is 4.74 Å². The number of aromatic amines is 1. The second-order valence-electron chi connectivity index (χ2n) is 4.04. The topological polar surface area (TPSA) is 64.1 Å². The normalized spacial score (nSPS) is 23.7. The Morgan fingerprint density at radius 2 is 2.35 bits per heavy atom. The van der Waals surface area contributed by atoms with Crippen molar-refractivity contribution in [1.82, 2.24) is 9.55 Å². The minimum atomic E-state index is -0.457. The van der Waals surface area contributed by atoms with Gasteiger partial charge in [-0.1, -0.05) is 6.58 Å². The molecule has 2 atom stereocenters. The van der Waals surface area contributed by atoms with Crippen molar-refractivity contribution in [2.24, 2.45) is 5.92 Å². The molecule has 1 N–H and O–H groups in total. The van der Waals surface area contributed by atoms with Crippen LogP contribution in [0.2, 0.25) is 0 Å². The maximum atomic E-state index is 11.7. The number of rotatable bonds is 3. The van der Waals surface area contributed by atoms with Gasteiger partial charge in [-0.25, -0.2) is 4.79 Å². The van der Waals surface area contributed by atoms with Gasteiger partial charge in [-0.15, -0.1) is 0 Å². The van der Waals surface area contributed by atoms with E-state index in [2.05, 4.69) is 24.2 Å². The molecule has 1 aliphatic heterocycles. The minimum absolute atomic E-state index is 0.170. The first-order valence-electron chi connectivity index (χ1n) is 5.38. The quantitative estimate of drug-likeness (QED) is 0.788. The number of nitrogens with zero attached hydrogens (tertiary/aromatic N) is 1. The van der Waals surface area contributed by atoms with Crippen molar-refractivity contribution >= 4 is 12.6 Å². The van der Waals surface area contributed by atoms with E-state index < -0.39 is 11.2 Å². The SMILES string of the molecule is C=C1CC(CCS)[C@H](n2ccc(=O)[nH]c2=O)O1. The molecule has 0 aliphatic carbocycles. The average molecular weight is 254 g/mol. The Labute approximate surface area is 104 Å². The molecule has 2 rings (SSSR count). The number of H-pyrrole nitrogens is 1. The zero-order chi connectivity index (χ0) is 12.4. The lowest BCUT2D eigenvalue weighted by Crippen LogP contribution is -2.33. The first kappa shape index (κ1) is 12.0. The molecule has 2 heterocycles. The van der Waals surface area contributed by atoms with Crippen LogP contribution in [0.4, 0.5) is 0 Å². The molecule has 1 aliphatic rings. The van der Waals surface area contributed by atoms with E-state index in [1.807, 2.05) is 0 Å². The standard InChI is InChI=1S/C11H14N2O3S/c1-7-6-8(3-5-17)10(16-7)13-4-2-9(14)12-11(13)15/h2,4,8,10,17H,1,3,5-6H2,(H,12,14,15)/t8?,10-/m1/s1. The molecule has 0 aromatic carbocycles. The van der Waals surface area contributed by atoms with Gasteiger partial charge in [0.05, 0.1) is 5.76 Å². The zero-order valence-electron chi connectivity index (χ0n) is 9.26. The predicted molar refractivity (Wildman–Crippen MR) is 67.2 cm³/mol. The van der Waals surface area contributed by atoms with Crippen molar-refractivity contribution in [3.05, 3.63) is 45.4 Å².